The lowest BCUT2D eigenvalue weighted by atomic mass is 10.0. The summed E-state index contributed by atoms with van der Waals surface area (Å²) in [6, 6.07) is 12.7. The first-order valence-electron chi connectivity index (χ1n) is 11.4. The number of carbonyl (C=O) groups is 1. The second-order valence-electron chi connectivity index (χ2n) is 8.75. The summed E-state index contributed by atoms with van der Waals surface area (Å²) in [5.41, 5.74) is 4.81. The van der Waals surface area contributed by atoms with Gasteiger partial charge in [-0.1, -0.05) is 12.1 Å². The molecule has 0 fully saturated rings. The molecule has 0 bridgehead atoms. The summed E-state index contributed by atoms with van der Waals surface area (Å²) in [5.74, 6) is 1.61. The van der Waals surface area contributed by atoms with E-state index in [1.807, 2.05) is 17.0 Å². The predicted octanol–water partition coefficient (Wildman–Crippen LogP) is 3.68. The number of anilines is 1. The van der Waals surface area contributed by atoms with Crippen LogP contribution in [0.5, 0.6) is 11.5 Å². The van der Waals surface area contributed by atoms with Gasteiger partial charge in [0.1, 0.15) is 0 Å². The number of ether oxygens (including phenoxy) is 2. The van der Waals surface area contributed by atoms with Crippen LogP contribution in [0.25, 0.3) is 0 Å². The van der Waals surface area contributed by atoms with Crippen molar-refractivity contribution in [2.45, 2.75) is 25.7 Å². The zero-order valence-electron chi connectivity index (χ0n) is 20.6. The van der Waals surface area contributed by atoms with Crippen molar-refractivity contribution in [3.63, 3.8) is 0 Å². The lowest BCUT2D eigenvalue weighted by molar-refractivity contribution is -0.130. The zero-order chi connectivity index (χ0) is 23.1. The number of methoxy groups -OCH3 is 2. The Hall–Kier alpha value is -2.44. The Morgan fingerprint density at radius 1 is 0.939 bits per heavy atom. The standard InChI is InChI=1S/C26H37N3O3.ClH/c1-27(2)23-9-7-20(8-10-23)11-15-28(3)13-6-14-29-16-12-21-17-24(31-4)25(32-5)18-22(21)19-26(29)30;/h7-10,17-18H,6,11-16,19H2,1-5H3;1H. The summed E-state index contributed by atoms with van der Waals surface area (Å²) in [7, 11) is 9.55. The highest BCUT2D eigenvalue weighted by molar-refractivity contribution is 5.85. The van der Waals surface area contributed by atoms with Crippen LogP contribution in [0.3, 0.4) is 0 Å². The van der Waals surface area contributed by atoms with Gasteiger partial charge in [0.25, 0.3) is 0 Å². The number of amides is 1. The molecule has 1 aliphatic rings. The Morgan fingerprint density at radius 2 is 1.58 bits per heavy atom. The van der Waals surface area contributed by atoms with Gasteiger partial charge in [-0.05, 0) is 73.8 Å². The van der Waals surface area contributed by atoms with Crippen LogP contribution < -0.4 is 14.4 Å². The highest BCUT2D eigenvalue weighted by Gasteiger charge is 2.22. The van der Waals surface area contributed by atoms with Crippen molar-refractivity contribution in [2.24, 2.45) is 0 Å². The third-order valence-electron chi connectivity index (χ3n) is 6.25. The first-order chi connectivity index (χ1) is 15.4. The van der Waals surface area contributed by atoms with Gasteiger partial charge < -0.3 is 24.2 Å². The monoisotopic (exact) mass is 475 g/mol. The van der Waals surface area contributed by atoms with Gasteiger partial charge in [0, 0.05) is 39.4 Å². The van der Waals surface area contributed by atoms with E-state index in [1.165, 1.54) is 16.8 Å². The largest absolute Gasteiger partial charge is 0.493 e. The molecule has 0 unspecified atom stereocenters. The minimum absolute atomic E-state index is 0. The molecule has 0 aliphatic carbocycles. The Morgan fingerprint density at radius 3 is 2.18 bits per heavy atom. The Labute approximate surface area is 204 Å². The van der Waals surface area contributed by atoms with Crippen molar-refractivity contribution >= 4 is 24.0 Å². The van der Waals surface area contributed by atoms with E-state index in [9.17, 15) is 4.79 Å². The number of benzene rings is 2. The van der Waals surface area contributed by atoms with Crippen LogP contribution in [-0.2, 0) is 24.1 Å². The second-order valence-corrected chi connectivity index (χ2v) is 8.75. The third-order valence-corrected chi connectivity index (χ3v) is 6.25. The van der Waals surface area contributed by atoms with Crippen LogP contribution in [0, 0.1) is 0 Å². The molecule has 182 valence electrons. The quantitative estimate of drug-likeness (QED) is 0.524. The summed E-state index contributed by atoms with van der Waals surface area (Å²) in [6.07, 6.45) is 3.28. The number of carbonyl (C=O) groups excluding carboxylic acids is 1. The summed E-state index contributed by atoms with van der Waals surface area (Å²) in [6.45, 7) is 3.54. The number of likely N-dealkylation sites (N-methyl/N-ethyl adjacent to an activating group) is 1. The van der Waals surface area contributed by atoms with Crippen LogP contribution in [0.2, 0.25) is 0 Å². The van der Waals surface area contributed by atoms with Crippen LogP contribution in [-0.4, -0.2) is 77.2 Å². The van der Waals surface area contributed by atoms with Gasteiger partial charge in [-0.15, -0.1) is 12.4 Å². The Balaban J connectivity index is 0.00000385. The molecule has 3 rings (SSSR count). The highest BCUT2D eigenvalue weighted by atomic mass is 35.5. The minimum atomic E-state index is 0. The predicted molar refractivity (Wildman–Crippen MR) is 137 cm³/mol. The van der Waals surface area contributed by atoms with Crippen molar-refractivity contribution < 1.29 is 14.3 Å². The molecule has 6 nitrogen and oxygen atoms in total. The van der Waals surface area contributed by atoms with E-state index in [-0.39, 0.29) is 18.3 Å². The average Bonchev–Trinajstić information content (AvgIpc) is 2.94. The van der Waals surface area contributed by atoms with Crippen LogP contribution in [0.1, 0.15) is 23.1 Å². The summed E-state index contributed by atoms with van der Waals surface area (Å²) >= 11 is 0. The highest BCUT2D eigenvalue weighted by Crippen LogP contribution is 2.32. The lowest BCUT2D eigenvalue weighted by Crippen LogP contribution is -2.35. The molecule has 2 aromatic carbocycles. The lowest BCUT2D eigenvalue weighted by Gasteiger charge is -2.23. The van der Waals surface area contributed by atoms with Crippen molar-refractivity contribution in [3.05, 3.63) is 53.1 Å². The van der Waals surface area contributed by atoms with E-state index < -0.39 is 0 Å². The van der Waals surface area contributed by atoms with E-state index in [1.54, 1.807) is 14.2 Å². The van der Waals surface area contributed by atoms with Gasteiger partial charge in [-0.3, -0.25) is 4.79 Å². The topological polar surface area (TPSA) is 45.3 Å². The van der Waals surface area contributed by atoms with Gasteiger partial charge in [0.15, 0.2) is 11.5 Å². The molecule has 0 saturated carbocycles. The van der Waals surface area contributed by atoms with E-state index in [0.717, 1.165) is 56.8 Å². The molecular weight excluding hydrogens is 438 g/mol. The maximum Gasteiger partial charge on any atom is 0.227 e. The van der Waals surface area contributed by atoms with Crippen LogP contribution in [0.4, 0.5) is 5.69 Å². The van der Waals surface area contributed by atoms with Gasteiger partial charge >= 0.3 is 0 Å². The number of rotatable bonds is 10. The maximum absolute atomic E-state index is 12.8. The number of hydrogen-bond acceptors (Lipinski definition) is 5. The molecule has 0 atom stereocenters. The minimum Gasteiger partial charge on any atom is -0.493 e. The molecule has 0 radical (unpaired) electrons. The number of nitrogens with zero attached hydrogens (tertiary/aromatic N) is 3. The van der Waals surface area contributed by atoms with Gasteiger partial charge in [0.05, 0.1) is 20.6 Å². The second kappa shape index (κ2) is 12.7. The van der Waals surface area contributed by atoms with Crippen molar-refractivity contribution in [1.82, 2.24) is 9.80 Å². The fraction of sp³-hybridized carbons (Fsp3) is 0.500. The van der Waals surface area contributed by atoms with Crippen molar-refractivity contribution in [2.75, 3.05) is 66.4 Å². The molecule has 7 heteroatoms. The zero-order valence-corrected chi connectivity index (χ0v) is 21.4. The number of fused-ring (bicyclic) bond motifs is 1. The van der Waals surface area contributed by atoms with Gasteiger partial charge in [0.2, 0.25) is 5.91 Å². The number of hydrogen-bond donors (Lipinski definition) is 0. The van der Waals surface area contributed by atoms with E-state index in [2.05, 4.69) is 55.2 Å². The molecule has 1 aliphatic heterocycles. The summed E-state index contributed by atoms with van der Waals surface area (Å²) in [4.78, 5) is 19.3. The van der Waals surface area contributed by atoms with E-state index >= 15 is 0 Å². The Bertz CT molecular complexity index is 902. The molecule has 0 aromatic heterocycles. The number of halogens is 1. The van der Waals surface area contributed by atoms with Crippen LogP contribution in [0.15, 0.2) is 36.4 Å². The molecular formula is C26H38ClN3O3. The normalized spacial score (nSPS) is 13.3. The Kier molecular flexibility index (Phi) is 10.3. The van der Waals surface area contributed by atoms with Crippen LogP contribution >= 0.6 is 12.4 Å². The first-order valence-corrected chi connectivity index (χ1v) is 11.4. The van der Waals surface area contributed by atoms with Crippen molar-refractivity contribution in [3.8, 4) is 11.5 Å². The molecule has 2 aromatic rings. The van der Waals surface area contributed by atoms with Gasteiger partial charge in [-0.2, -0.15) is 0 Å². The fourth-order valence-corrected chi connectivity index (χ4v) is 4.18. The average molecular weight is 476 g/mol. The van der Waals surface area contributed by atoms with Gasteiger partial charge in [-0.25, -0.2) is 0 Å². The summed E-state index contributed by atoms with van der Waals surface area (Å²) < 4.78 is 10.8. The molecule has 33 heavy (non-hydrogen) atoms. The smallest absolute Gasteiger partial charge is 0.227 e. The fourth-order valence-electron chi connectivity index (χ4n) is 4.18. The van der Waals surface area contributed by atoms with Crippen molar-refractivity contribution in [1.29, 1.82) is 0 Å². The molecule has 1 heterocycles. The van der Waals surface area contributed by atoms with E-state index in [4.69, 9.17) is 9.47 Å². The SMILES string of the molecule is COc1cc2c(cc1OC)CC(=O)N(CCCN(C)CCc1ccc(N(C)C)cc1)CC2.Cl. The maximum atomic E-state index is 12.8. The molecule has 1 amide bonds. The molecule has 0 saturated heterocycles. The molecule has 0 spiro atoms. The van der Waals surface area contributed by atoms with E-state index in [0.29, 0.717) is 12.2 Å². The molecule has 0 N–H and O–H groups in total. The third kappa shape index (κ3) is 7.27. The first kappa shape index (κ1) is 26.8. The summed E-state index contributed by atoms with van der Waals surface area (Å²) in [5, 5.41) is 0.